The molecule has 0 saturated carbocycles. The van der Waals surface area contributed by atoms with Crippen molar-refractivity contribution in [3.63, 3.8) is 0 Å². The van der Waals surface area contributed by atoms with E-state index in [2.05, 4.69) is 10.3 Å². The molecule has 0 spiro atoms. The fraction of sp³-hybridized carbons (Fsp3) is 0.400. The van der Waals surface area contributed by atoms with Crippen LogP contribution in [0.1, 0.15) is 6.92 Å². The van der Waals surface area contributed by atoms with Gasteiger partial charge in [0.15, 0.2) is 0 Å². The van der Waals surface area contributed by atoms with Crippen LogP contribution in [0, 0.1) is 0 Å². The van der Waals surface area contributed by atoms with Crippen LogP contribution >= 0.6 is 23.2 Å². The summed E-state index contributed by atoms with van der Waals surface area (Å²) >= 11 is 11.3. The zero-order valence-corrected chi connectivity index (χ0v) is 12.7. The molecule has 0 saturated heterocycles. The van der Waals surface area contributed by atoms with E-state index in [4.69, 9.17) is 23.2 Å². The van der Waals surface area contributed by atoms with Gasteiger partial charge in [0.1, 0.15) is 10.0 Å². The van der Waals surface area contributed by atoms with Crippen molar-refractivity contribution >= 4 is 39.1 Å². The summed E-state index contributed by atoms with van der Waals surface area (Å²) in [5, 5.41) is 2.57. The molecule has 19 heavy (non-hydrogen) atoms. The fourth-order valence-corrected chi connectivity index (χ4v) is 2.70. The summed E-state index contributed by atoms with van der Waals surface area (Å²) in [6.45, 7) is 1.90. The average Bonchev–Trinajstić information content (AvgIpc) is 2.32. The molecule has 1 aromatic heterocycles. The number of carbonyl (C=O) groups is 1. The third kappa shape index (κ3) is 4.04. The SMILES string of the molecule is CCNC(=O)CN(C)S(=O)(=O)c1cnc(Cl)c(Cl)c1. The van der Waals surface area contributed by atoms with E-state index in [9.17, 15) is 13.2 Å². The highest BCUT2D eigenvalue weighted by atomic mass is 35.5. The first-order chi connectivity index (χ1) is 8.78. The Balaban J connectivity index is 2.96. The van der Waals surface area contributed by atoms with Gasteiger partial charge in [0.05, 0.1) is 11.6 Å². The number of likely N-dealkylation sites (N-methyl/N-ethyl adjacent to an activating group) is 2. The van der Waals surface area contributed by atoms with Gasteiger partial charge in [-0.25, -0.2) is 13.4 Å². The number of hydrogen-bond donors (Lipinski definition) is 1. The number of sulfonamides is 1. The van der Waals surface area contributed by atoms with E-state index in [0.717, 1.165) is 10.5 Å². The van der Waals surface area contributed by atoms with Crippen molar-refractivity contribution in [2.45, 2.75) is 11.8 Å². The van der Waals surface area contributed by atoms with Crippen molar-refractivity contribution < 1.29 is 13.2 Å². The first kappa shape index (κ1) is 16.2. The van der Waals surface area contributed by atoms with Crippen LogP contribution < -0.4 is 5.32 Å². The summed E-state index contributed by atoms with van der Waals surface area (Å²) in [5.74, 6) is -0.387. The van der Waals surface area contributed by atoms with Gasteiger partial charge >= 0.3 is 0 Å². The van der Waals surface area contributed by atoms with Crippen LogP contribution in [0.2, 0.25) is 10.2 Å². The molecule has 1 heterocycles. The average molecular weight is 326 g/mol. The van der Waals surface area contributed by atoms with Crippen LogP contribution in [0.4, 0.5) is 0 Å². The van der Waals surface area contributed by atoms with Gasteiger partial charge in [-0.15, -0.1) is 0 Å². The number of nitrogens with zero attached hydrogens (tertiary/aromatic N) is 2. The Kier molecular flexibility index (Phi) is 5.54. The summed E-state index contributed by atoms with van der Waals surface area (Å²) in [7, 11) is -2.53. The second-order valence-electron chi connectivity index (χ2n) is 3.66. The number of rotatable bonds is 5. The van der Waals surface area contributed by atoms with Gasteiger partial charge in [-0.05, 0) is 13.0 Å². The molecule has 0 unspecified atom stereocenters. The maximum absolute atomic E-state index is 12.1. The van der Waals surface area contributed by atoms with Crippen LogP contribution in [0.5, 0.6) is 0 Å². The van der Waals surface area contributed by atoms with Gasteiger partial charge in [0.25, 0.3) is 0 Å². The van der Waals surface area contributed by atoms with Crippen molar-refractivity contribution in [1.29, 1.82) is 0 Å². The fourth-order valence-electron chi connectivity index (χ4n) is 1.26. The van der Waals surface area contributed by atoms with E-state index in [0.29, 0.717) is 6.54 Å². The molecular weight excluding hydrogens is 313 g/mol. The van der Waals surface area contributed by atoms with Crippen molar-refractivity contribution in [3.8, 4) is 0 Å². The number of amides is 1. The van der Waals surface area contributed by atoms with Gasteiger partial charge < -0.3 is 5.32 Å². The molecule has 1 amide bonds. The molecule has 0 radical (unpaired) electrons. The number of hydrogen-bond acceptors (Lipinski definition) is 4. The molecule has 1 aromatic rings. The lowest BCUT2D eigenvalue weighted by Gasteiger charge is -2.16. The second kappa shape index (κ2) is 6.51. The van der Waals surface area contributed by atoms with E-state index in [1.165, 1.54) is 13.1 Å². The molecule has 106 valence electrons. The predicted octanol–water partition coefficient (Wildman–Crippen LogP) is 1.15. The molecule has 1 N–H and O–H groups in total. The lowest BCUT2D eigenvalue weighted by molar-refractivity contribution is -0.121. The quantitative estimate of drug-likeness (QED) is 0.823. The minimum absolute atomic E-state index is 0.0204. The molecule has 0 aliphatic rings. The van der Waals surface area contributed by atoms with Crippen molar-refractivity contribution in [2.75, 3.05) is 20.1 Å². The molecule has 6 nitrogen and oxygen atoms in total. The van der Waals surface area contributed by atoms with Gasteiger partial charge in [0, 0.05) is 19.8 Å². The Morgan fingerprint density at radius 1 is 1.47 bits per heavy atom. The summed E-state index contributed by atoms with van der Waals surface area (Å²) in [5.41, 5.74) is 0. The molecular formula is C10H13Cl2N3O3S. The van der Waals surface area contributed by atoms with Gasteiger partial charge in [-0.1, -0.05) is 23.2 Å². The highest BCUT2D eigenvalue weighted by Gasteiger charge is 2.23. The highest BCUT2D eigenvalue weighted by Crippen LogP contribution is 2.23. The molecule has 0 bridgehead atoms. The number of aromatic nitrogens is 1. The molecule has 0 aliphatic heterocycles. The first-order valence-electron chi connectivity index (χ1n) is 5.33. The summed E-state index contributed by atoms with van der Waals surface area (Å²) in [6.07, 6.45) is 1.10. The monoisotopic (exact) mass is 325 g/mol. The van der Waals surface area contributed by atoms with Gasteiger partial charge in [-0.3, -0.25) is 4.79 Å². The molecule has 0 aromatic carbocycles. The second-order valence-corrected chi connectivity index (χ2v) is 6.47. The maximum Gasteiger partial charge on any atom is 0.244 e. The first-order valence-corrected chi connectivity index (χ1v) is 7.52. The topological polar surface area (TPSA) is 79.4 Å². The van der Waals surface area contributed by atoms with Crippen LogP contribution in [0.25, 0.3) is 0 Å². The smallest absolute Gasteiger partial charge is 0.244 e. The number of carbonyl (C=O) groups excluding carboxylic acids is 1. The molecule has 1 rings (SSSR count). The van der Waals surface area contributed by atoms with Gasteiger partial charge in [-0.2, -0.15) is 4.31 Å². The van der Waals surface area contributed by atoms with E-state index >= 15 is 0 Å². The van der Waals surface area contributed by atoms with Crippen molar-refractivity contribution in [1.82, 2.24) is 14.6 Å². The number of nitrogens with one attached hydrogen (secondary N) is 1. The summed E-state index contributed by atoms with van der Waals surface area (Å²) in [4.78, 5) is 14.9. The minimum Gasteiger partial charge on any atom is -0.355 e. The van der Waals surface area contributed by atoms with Crippen molar-refractivity contribution in [3.05, 3.63) is 22.4 Å². The lowest BCUT2D eigenvalue weighted by Crippen LogP contribution is -2.38. The van der Waals surface area contributed by atoms with E-state index in [-0.39, 0.29) is 27.5 Å². The van der Waals surface area contributed by atoms with E-state index in [1.54, 1.807) is 6.92 Å². The zero-order chi connectivity index (χ0) is 14.6. The largest absolute Gasteiger partial charge is 0.355 e. The molecule has 0 aliphatic carbocycles. The highest BCUT2D eigenvalue weighted by molar-refractivity contribution is 7.89. The van der Waals surface area contributed by atoms with Gasteiger partial charge in [0.2, 0.25) is 15.9 Å². The Bertz CT molecular complexity index is 577. The van der Waals surface area contributed by atoms with Crippen LogP contribution in [-0.2, 0) is 14.8 Å². The zero-order valence-electron chi connectivity index (χ0n) is 10.4. The maximum atomic E-state index is 12.1. The normalized spacial score (nSPS) is 11.6. The summed E-state index contributed by atoms with van der Waals surface area (Å²) in [6, 6.07) is 1.19. The predicted molar refractivity (Wildman–Crippen MR) is 72.8 cm³/mol. The van der Waals surface area contributed by atoms with Crippen molar-refractivity contribution in [2.24, 2.45) is 0 Å². The third-order valence-electron chi connectivity index (χ3n) is 2.22. The minimum atomic E-state index is -3.82. The van der Waals surface area contributed by atoms with Crippen LogP contribution in [0.3, 0.4) is 0 Å². The third-order valence-corrected chi connectivity index (χ3v) is 4.67. The number of halogens is 2. The lowest BCUT2D eigenvalue weighted by atomic mass is 10.5. The van der Waals surface area contributed by atoms with E-state index < -0.39 is 10.0 Å². The number of pyridine rings is 1. The van der Waals surface area contributed by atoms with Crippen LogP contribution in [0.15, 0.2) is 17.2 Å². The van der Waals surface area contributed by atoms with E-state index in [1.807, 2.05) is 0 Å². The Labute approximate surface area is 121 Å². The molecule has 9 heteroatoms. The molecule has 0 atom stereocenters. The Morgan fingerprint density at radius 2 is 2.11 bits per heavy atom. The molecule has 0 fully saturated rings. The standard InChI is InChI=1S/C10H13Cl2N3O3S/c1-3-13-9(16)6-15(2)19(17,18)7-4-8(11)10(12)14-5-7/h4-5H,3,6H2,1-2H3,(H,13,16). The Hall–Kier alpha value is -0.890. The summed E-state index contributed by atoms with van der Waals surface area (Å²) < 4.78 is 25.2. The Morgan fingerprint density at radius 3 is 2.63 bits per heavy atom. The van der Waals surface area contributed by atoms with Crippen LogP contribution in [-0.4, -0.2) is 43.8 Å².